The summed E-state index contributed by atoms with van der Waals surface area (Å²) in [5, 5.41) is 7.01. The lowest BCUT2D eigenvalue weighted by atomic mass is 10.2. The van der Waals surface area contributed by atoms with E-state index in [-0.39, 0.29) is 0 Å². The lowest BCUT2D eigenvalue weighted by Gasteiger charge is -2.13. The zero-order valence-electron chi connectivity index (χ0n) is 18.3. The van der Waals surface area contributed by atoms with Crippen LogP contribution in [0.5, 0.6) is 11.5 Å². The van der Waals surface area contributed by atoms with Gasteiger partial charge < -0.3 is 19.5 Å². The van der Waals surface area contributed by atoms with Crippen LogP contribution >= 0.6 is 0 Å². The van der Waals surface area contributed by atoms with Gasteiger partial charge in [-0.1, -0.05) is 13.0 Å². The van der Waals surface area contributed by atoms with Crippen molar-refractivity contribution in [1.82, 2.24) is 9.78 Å². The number of rotatable bonds is 9. The first-order valence-electron chi connectivity index (χ1n) is 9.77. The molecule has 1 amide bonds. The summed E-state index contributed by atoms with van der Waals surface area (Å²) in [5.41, 5.74) is 2.88. The third-order valence-corrected chi connectivity index (χ3v) is 4.48. The van der Waals surface area contributed by atoms with Crippen LogP contribution in [0.3, 0.4) is 0 Å². The van der Waals surface area contributed by atoms with Gasteiger partial charge in [-0.2, -0.15) is 5.10 Å². The van der Waals surface area contributed by atoms with Gasteiger partial charge in [-0.3, -0.25) is 9.48 Å². The molecule has 8 nitrogen and oxygen atoms in total. The molecule has 0 fully saturated rings. The summed E-state index contributed by atoms with van der Waals surface area (Å²) in [6.07, 6.45) is 2.79. The van der Waals surface area contributed by atoms with E-state index >= 15 is 0 Å². The number of carbonyl (C=O) groups is 2. The number of ether oxygens (including phenoxy) is 3. The first kappa shape index (κ1) is 23.0. The number of hydrogen-bond acceptors (Lipinski definition) is 6. The zero-order chi connectivity index (χ0) is 22.3. The molecule has 0 saturated carbocycles. The molecule has 0 aliphatic rings. The summed E-state index contributed by atoms with van der Waals surface area (Å²) in [5.74, 6) is 0.178. The van der Waals surface area contributed by atoms with Crippen molar-refractivity contribution in [3.63, 3.8) is 0 Å². The summed E-state index contributed by atoms with van der Waals surface area (Å²) >= 11 is 0. The summed E-state index contributed by atoms with van der Waals surface area (Å²) in [6.45, 7) is 7.78. The van der Waals surface area contributed by atoms with Crippen LogP contribution in [0.1, 0.15) is 37.2 Å². The van der Waals surface area contributed by atoms with Crippen molar-refractivity contribution in [2.75, 3.05) is 19.0 Å². The average Bonchev–Trinajstić information content (AvgIpc) is 2.96. The standard InChI is InChI=1S/C22H29N3O5/c1-7-12-29-18-10-8-17(13-19(18)28-6)9-11-20(26)30-16(4)22(27)23-21-14(2)24-25(5)15(21)3/h8-11,13,16H,7,12H2,1-6H3,(H,23,27)/b11-9+/t16-/m0/s1. The number of hydrogen-bond donors (Lipinski definition) is 1. The van der Waals surface area contributed by atoms with E-state index in [1.165, 1.54) is 13.0 Å². The number of benzene rings is 1. The van der Waals surface area contributed by atoms with Crippen LogP contribution in [0, 0.1) is 13.8 Å². The second-order valence-electron chi connectivity index (χ2n) is 6.83. The molecule has 30 heavy (non-hydrogen) atoms. The van der Waals surface area contributed by atoms with Crippen molar-refractivity contribution >= 4 is 23.6 Å². The second-order valence-corrected chi connectivity index (χ2v) is 6.83. The van der Waals surface area contributed by atoms with Gasteiger partial charge in [-0.15, -0.1) is 0 Å². The van der Waals surface area contributed by atoms with E-state index in [1.54, 1.807) is 50.0 Å². The third-order valence-electron chi connectivity index (χ3n) is 4.48. The molecule has 0 spiro atoms. The molecule has 0 saturated heterocycles. The van der Waals surface area contributed by atoms with Gasteiger partial charge in [0.15, 0.2) is 17.6 Å². The van der Waals surface area contributed by atoms with E-state index in [0.717, 1.165) is 17.7 Å². The van der Waals surface area contributed by atoms with Crippen LogP contribution in [0.25, 0.3) is 6.08 Å². The van der Waals surface area contributed by atoms with Gasteiger partial charge in [-0.05, 0) is 51.0 Å². The van der Waals surface area contributed by atoms with E-state index in [0.29, 0.717) is 29.5 Å². The largest absolute Gasteiger partial charge is 0.493 e. The molecule has 1 aromatic heterocycles. The fourth-order valence-corrected chi connectivity index (χ4v) is 2.73. The Hall–Kier alpha value is -3.29. The summed E-state index contributed by atoms with van der Waals surface area (Å²) < 4.78 is 17.8. The molecule has 0 radical (unpaired) electrons. The third kappa shape index (κ3) is 5.85. The molecule has 162 valence electrons. The Balaban J connectivity index is 1.97. The fourth-order valence-electron chi connectivity index (χ4n) is 2.73. The van der Waals surface area contributed by atoms with E-state index < -0.39 is 18.0 Å². The fraction of sp³-hybridized carbons (Fsp3) is 0.409. The Morgan fingerprint density at radius 1 is 1.27 bits per heavy atom. The highest BCUT2D eigenvalue weighted by atomic mass is 16.5. The van der Waals surface area contributed by atoms with Gasteiger partial charge in [0.2, 0.25) is 0 Å². The summed E-state index contributed by atoms with van der Waals surface area (Å²) in [6, 6.07) is 5.36. The van der Waals surface area contributed by atoms with Crippen LogP contribution in [0.4, 0.5) is 5.69 Å². The molecular weight excluding hydrogens is 386 g/mol. The van der Waals surface area contributed by atoms with Crippen molar-refractivity contribution in [1.29, 1.82) is 0 Å². The summed E-state index contributed by atoms with van der Waals surface area (Å²) in [4.78, 5) is 24.5. The van der Waals surface area contributed by atoms with E-state index in [1.807, 2.05) is 13.8 Å². The molecule has 0 aliphatic heterocycles. The lowest BCUT2D eigenvalue weighted by molar-refractivity contribution is -0.148. The molecule has 0 bridgehead atoms. The van der Waals surface area contributed by atoms with Crippen molar-refractivity contribution in [3.05, 3.63) is 41.2 Å². The maximum Gasteiger partial charge on any atom is 0.331 e. The van der Waals surface area contributed by atoms with Crippen LogP contribution in [-0.2, 0) is 21.4 Å². The minimum Gasteiger partial charge on any atom is -0.493 e. The lowest BCUT2D eigenvalue weighted by Crippen LogP contribution is -2.29. The Labute approximate surface area is 176 Å². The van der Waals surface area contributed by atoms with Crippen LogP contribution in [0.15, 0.2) is 24.3 Å². The van der Waals surface area contributed by atoms with Crippen molar-refractivity contribution in [3.8, 4) is 11.5 Å². The molecule has 1 aromatic carbocycles. The number of nitrogens with zero attached hydrogens (tertiary/aromatic N) is 2. The molecule has 0 unspecified atom stereocenters. The van der Waals surface area contributed by atoms with Crippen molar-refractivity contribution in [2.24, 2.45) is 7.05 Å². The van der Waals surface area contributed by atoms with Crippen molar-refractivity contribution in [2.45, 2.75) is 40.2 Å². The average molecular weight is 415 g/mol. The molecule has 2 rings (SSSR count). The van der Waals surface area contributed by atoms with E-state index in [2.05, 4.69) is 10.4 Å². The number of amides is 1. The predicted octanol–water partition coefficient (Wildman–Crippen LogP) is 3.42. The van der Waals surface area contributed by atoms with Crippen LogP contribution < -0.4 is 14.8 Å². The van der Waals surface area contributed by atoms with Crippen LogP contribution in [0.2, 0.25) is 0 Å². The van der Waals surface area contributed by atoms with Gasteiger partial charge in [0.25, 0.3) is 5.91 Å². The maximum atomic E-state index is 12.4. The number of carbonyl (C=O) groups excluding carboxylic acids is 2. The molecule has 8 heteroatoms. The minimum absolute atomic E-state index is 0.421. The number of aryl methyl sites for hydroxylation is 2. The quantitative estimate of drug-likeness (QED) is 0.498. The molecule has 2 aromatic rings. The Kier molecular flexibility index (Phi) is 8.03. The van der Waals surface area contributed by atoms with E-state index in [9.17, 15) is 9.59 Å². The molecule has 1 N–H and O–H groups in total. The summed E-state index contributed by atoms with van der Waals surface area (Å²) in [7, 11) is 3.35. The Bertz CT molecular complexity index is 933. The van der Waals surface area contributed by atoms with Gasteiger partial charge in [0, 0.05) is 13.1 Å². The predicted molar refractivity (Wildman–Crippen MR) is 115 cm³/mol. The molecule has 1 atom stereocenters. The molecule has 1 heterocycles. The highest BCUT2D eigenvalue weighted by molar-refractivity contribution is 5.97. The molecule has 0 aliphatic carbocycles. The first-order valence-corrected chi connectivity index (χ1v) is 9.77. The minimum atomic E-state index is -0.958. The number of anilines is 1. The van der Waals surface area contributed by atoms with Gasteiger partial charge >= 0.3 is 5.97 Å². The highest BCUT2D eigenvalue weighted by Gasteiger charge is 2.20. The first-order chi connectivity index (χ1) is 14.3. The topological polar surface area (TPSA) is 91.7 Å². The monoisotopic (exact) mass is 415 g/mol. The Morgan fingerprint density at radius 2 is 2.00 bits per heavy atom. The van der Waals surface area contributed by atoms with Crippen molar-refractivity contribution < 1.29 is 23.8 Å². The van der Waals surface area contributed by atoms with Gasteiger partial charge in [0.05, 0.1) is 30.8 Å². The number of aromatic nitrogens is 2. The number of nitrogens with one attached hydrogen (secondary N) is 1. The Morgan fingerprint density at radius 3 is 2.60 bits per heavy atom. The van der Waals surface area contributed by atoms with E-state index in [4.69, 9.17) is 14.2 Å². The SMILES string of the molecule is CCCOc1ccc(/C=C/C(=O)O[C@@H](C)C(=O)Nc2c(C)nn(C)c2C)cc1OC. The van der Waals surface area contributed by atoms with Crippen LogP contribution in [-0.4, -0.2) is 41.5 Å². The van der Waals surface area contributed by atoms with Gasteiger partial charge in [0.1, 0.15) is 0 Å². The number of methoxy groups -OCH3 is 1. The second kappa shape index (κ2) is 10.5. The highest BCUT2D eigenvalue weighted by Crippen LogP contribution is 2.28. The zero-order valence-corrected chi connectivity index (χ0v) is 18.3. The molecular formula is C22H29N3O5. The van der Waals surface area contributed by atoms with Gasteiger partial charge in [-0.25, -0.2) is 4.79 Å². The smallest absolute Gasteiger partial charge is 0.331 e. The number of esters is 1. The maximum absolute atomic E-state index is 12.4. The normalized spacial score (nSPS) is 11.9.